The molecule has 7 nitrogen and oxygen atoms in total. The van der Waals surface area contributed by atoms with Crippen molar-refractivity contribution in [1.82, 2.24) is 10.6 Å². The van der Waals surface area contributed by atoms with Gasteiger partial charge in [-0.25, -0.2) is 8.42 Å². The predicted octanol–water partition coefficient (Wildman–Crippen LogP) is -2.11. The Labute approximate surface area is 107 Å². The minimum Gasteiger partial charge on any atom is -0.390 e. The number of aliphatic hydroxyl groups excluding tert-OH is 1. The van der Waals surface area contributed by atoms with E-state index in [2.05, 4.69) is 10.6 Å². The largest absolute Gasteiger partial charge is 0.390 e. The number of sulfone groups is 1. The molecule has 0 aromatic heterocycles. The molecule has 1 aliphatic heterocycles. The molecule has 0 aromatic rings. The van der Waals surface area contributed by atoms with Crippen LogP contribution in [0.5, 0.6) is 0 Å². The van der Waals surface area contributed by atoms with Gasteiger partial charge in [0.05, 0.1) is 30.3 Å². The summed E-state index contributed by atoms with van der Waals surface area (Å²) in [6.07, 6.45) is -0.954. The Kier molecular flexibility index (Phi) is 5.51. The average Bonchev–Trinajstić information content (AvgIpc) is 2.52. The fraction of sp³-hybridized carbons (Fsp3) is 0.900. The van der Waals surface area contributed by atoms with Crippen LogP contribution in [-0.2, 0) is 19.4 Å². The SMILES string of the molecule is COCCNC(=O)C(C)NC1CS(=O)(=O)CC1O. The highest BCUT2D eigenvalue weighted by Crippen LogP contribution is 2.12. The molecule has 0 bridgehead atoms. The summed E-state index contributed by atoms with van der Waals surface area (Å²) in [5.74, 6) is -0.629. The van der Waals surface area contributed by atoms with Crippen LogP contribution >= 0.6 is 0 Å². The van der Waals surface area contributed by atoms with Gasteiger partial charge in [-0.15, -0.1) is 0 Å². The number of ether oxygens (including phenoxy) is 1. The Morgan fingerprint density at radius 3 is 2.67 bits per heavy atom. The molecule has 18 heavy (non-hydrogen) atoms. The first-order chi connectivity index (χ1) is 8.35. The molecule has 1 rings (SSSR count). The van der Waals surface area contributed by atoms with Gasteiger partial charge < -0.3 is 15.2 Å². The molecule has 1 heterocycles. The van der Waals surface area contributed by atoms with E-state index >= 15 is 0 Å². The molecule has 3 atom stereocenters. The molecule has 106 valence electrons. The summed E-state index contributed by atoms with van der Waals surface area (Å²) >= 11 is 0. The van der Waals surface area contributed by atoms with Crippen LogP contribution in [-0.4, -0.2) is 69.4 Å². The quantitative estimate of drug-likeness (QED) is 0.481. The molecule has 0 spiro atoms. The van der Waals surface area contributed by atoms with Crippen molar-refractivity contribution in [2.75, 3.05) is 31.8 Å². The lowest BCUT2D eigenvalue weighted by molar-refractivity contribution is -0.123. The summed E-state index contributed by atoms with van der Waals surface area (Å²) in [5, 5.41) is 15.0. The summed E-state index contributed by atoms with van der Waals surface area (Å²) < 4.78 is 27.4. The van der Waals surface area contributed by atoms with Gasteiger partial charge in [0.2, 0.25) is 5.91 Å². The van der Waals surface area contributed by atoms with E-state index in [0.29, 0.717) is 13.2 Å². The van der Waals surface area contributed by atoms with Gasteiger partial charge in [-0.05, 0) is 6.92 Å². The second kappa shape index (κ2) is 6.46. The third-order valence-electron chi connectivity index (χ3n) is 2.79. The lowest BCUT2D eigenvalue weighted by Gasteiger charge is -2.20. The zero-order chi connectivity index (χ0) is 13.8. The van der Waals surface area contributed by atoms with Crippen molar-refractivity contribution in [1.29, 1.82) is 0 Å². The van der Waals surface area contributed by atoms with Crippen molar-refractivity contribution in [3.63, 3.8) is 0 Å². The van der Waals surface area contributed by atoms with Crippen LogP contribution in [0.2, 0.25) is 0 Å². The molecule has 0 saturated carbocycles. The maximum atomic E-state index is 11.6. The van der Waals surface area contributed by atoms with E-state index in [1.807, 2.05) is 0 Å². The highest BCUT2D eigenvalue weighted by atomic mass is 32.2. The van der Waals surface area contributed by atoms with E-state index in [4.69, 9.17) is 4.74 Å². The van der Waals surface area contributed by atoms with Crippen LogP contribution in [0.1, 0.15) is 6.92 Å². The first-order valence-corrected chi connectivity index (χ1v) is 7.59. The number of carbonyl (C=O) groups excluding carboxylic acids is 1. The number of rotatable bonds is 6. The van der Waals surface area contributed by atoms with Gasteiger partial charge in [-0.2, -0.15) is 0 Å². The standard InChI is InChI=1S/C10H20N2O5S/c1-7(10(14)11-3-4-17-2)12-8-5-18(15,16)6-9(8)13/h7-9,12-13H,3-6H2,1-2H3,(H,11,14). The summed E-state index contributed by atoms with van der Waals surface area (Å²) in [6, 6.07) is -1.15. The Bertz CT molecular complexity index is 384. The lowest BCUT2D eigenvalue weighted by atomic mass is 10.2. The average molecular weight is 280 g/mol. The molecule has 1 amide bonds. The zero-order valence-electron chi connectivity index (χ0n) is 10.5. The van der Waals surface area contributed by atoms with Crippen LogP contribution < -0.4 is 10.6 Å². The van der Waals surface area contributed by atoms with Gasteiger partial charge in [-0.1, -0.05) is 0 Å². The lowest BCUT2D eigenvalue weighted by Crippen LogP contribution is -2.50. The van der Waals surface area contributed by atoms with Gasteiger partial charge in [0.1, 0.15) is 0 Å². The molecule has 3 unspecified atom stereocenters. The molecule has 8 heteroatoms. The molecular formula is C10H20N2O5S. The molecule has 3 N–H and O–H groups in total. The molecule has 0 radical (unpaired) electrons. The Morgan fingerprint density at radius 1 is 1.50 bits per heavy atom. The number of hydrogen-bond acceptors (Lipinski definition) is 6. The molecule has 1 aliphatic rings. The van der Waals surface area contributed by atoms with E-state index in [-0.39, 0.29) is 17.4 Å². The maximum Gasteiger partial charge on any atom is 0.236 e. The van der Waals surface area contributed by atoms with Crippen molar-refractivity contribution >= 4 is 15.7 Å². The molecular weight excluding hydrogens is 260 g/mol. The van der Waals surface area contributed by atoms with Crippen LogP contribution in [0.15, 0.2) is 0 Å². The highest BCUT2D eigenvalue weighted by molar-refractivity contribution is 7.91. The maximum absolute atomic E-state index is 11.6. The fourth-order valence-corrected chi connectivity index (χ4v) is 3.57. The number of hydrogen-bond donors (Lipinski definition) is 3. The first kappa shape index (κ1) is 15.4. The third-order valence-corrected chi connectivity index (χ3v) is 4.50. The fourth-order valence-electron chi connectivity index (χ4n) is 1.81. The number of nitrogens with one attached hydrogen (secondary N) is 2. The second-order valence-corrected chi connectivity index (χ2v) is 6.58. The van der Waals surface area contributed by atoms with Gasteiger partial charge in [0, 0.05) is 19.7 Å². The van der Waals surface area contributed by atoms with Crippen LogP contribution in [0, 0.1) is 0 Å². The van der Waals surface area contributed by atoms with E-state index < -0.39 is 28.0 Å². The minimum absolute atomic E-state index is 0.135. The number of aliphatic hydroxyl groups is 1. The Balaban J connectivity index is 2.40. The first-order valence-electron chi connectivity index (χ1n) is 5.77. The number of carbonyl (C=O) groups is 1. The van der Waals surface area contributed by atoms with E-state index in [1.165, 1.54) is 7.11 Å². The van der Waals surface area contributed by atoms with E-state index in [0.717, 1.165) is 0 Å². The van der Waals surface area contributed by atoms with Crippen molar-refractivity contribution in [3.8, 4) is 0 Å². The highest BCUT2D eigenvalue weighted by Gasteiger charge is 2.37. The summed E-state index contributed by atoms with van der Waals surface area (Å²) in [4.78, 5) is 11.6. The van der Waals surface area contributed by atoms with Crippen molar-refractivity contribution < 1.29 is 23.1 Å². The summed E-state index contributed by atoms with van der Waals surface area (Å²) in [7, 11) is -1.67. The second-order valence-electron chi connectivity index (χ2n) is 4.42. The Morgan fingerprint density at radius 2 is 2.17 bits per heavy atom. The van der Waals surface area contributed by atoms with Crippen LogP contribution in [0.4, 0.5) is 0 Å². The van der Waals surface area contributed by atoms with Gasteiger partial charge in [0.15, 0.2) is 9.84 Å². The van der Waals surface area contributed by atoms with Crippen LogP contribution in [0.3, 0.4) is 0 Å². The molecule has 1 saturated heterocycles. The molecule has 0 aliphatic carbocycles. The van der Waals surface area contributed by atoms with Crippen molar-refractivity contribution in [2.24, 2.45) is 0 Å². The monoisotopic (exact) mass is 280 g/mol. The van der Waals surface area contributed by atoms with E-state index in [9.17, 15) is 18.3 Å². The van der Waals surface area contributed by atoms with Gasteiger partial charge in [0.25, 0.3) is 0 Å². The predicted molar refractivity (Wildman–Crippen MR) is 65.9 cm³/mol. The molecule has 1 fully saturated rings. The van der Waals surface area contributed by atoms with Gasteiger partial charge >= 0.3 is 0 Å². The third kappa shape index (κ3) is 4.52. The molecule has 0 aromatic carbocycles. The Hall–Kier alpha value is -0.700. The van der Waals surface area contributed by atoms with Crippen molar-refractivity contribution in [2.45, 2.75) is 25.1 Å². The van der Waals surface area contributed by atoms with E-state index in [1.54, 1.807) is 6.92 Å². The smallest absolute Gasteiger partial charge is 0.236 e. The van der Waals surface area contributed by atoms with Crippen LogP contribution in [0.25, 0.3) is 0 Å². The zero-order valence-corrected chi connectivity index (χ0v) is 11.4. The van der Waals surface area contributed by atoms with Crippen molar-refractivity contribution in [3.05, 3.63) is 0 Å². The normalized spacial score (nSPS) is 27.9. The topological polar surface area (TPSA) is 105 Å². The minimum atomic E-state index is -3.20. The number of amides is 1. The van der Waals surface area contributed by atoms with Gasteiger partial charge in [-0.3, -0.25) is 10.1 Å². The number of methoxy groups -OCH3 is 1. The summed E-state index contributed by atoms with van der Waals surface area (Å²) in [5.41, 5.74) is 0. The summed E-state index contributed by atoms with van der Waals surface area (Å²) in [6.45, 7) is 2.44.